The van der Waals surface area contributed by atoms with Gasteiger partial charge in [-0.15, -0.1) is 0 Å². The Kier molecular flexibility index (Phi) is 5.83. The van der Waals surface area contributed by atoms with Gasteiger partial charge in [0.05, 0.1) is 6.04 Å². The summed E-state index contributed by atoms with van der Waals surface area (Å²) in [6.45, 7) is 9.13. The molecule has 0 aliphatic heterocycles. The standard InChI is InChI=1S/C19H32N2/c1-5-16-11-10-12-17(15-16)18(20-4)19(13-8-9-14-19)21(6-2)7-3/h10-12,15,18,20H,5-9,13-14H2,1-4H3. The highest BCUT2D eigenvalue weighted by Gasteiger charge is 2.44. The molecule has 0 radical (unpaired) electrons. The van der Waals surface area contributed by atoms with E-state index in [0.717, 1.165) is 19.5 Å². The van der Waals surface area contributed by atoms with E-state index in [2.05, 4.69) is 62.3 Å². The van der Waals surface area contributed by atoms with E-state index < -0.39 is 0 Å². The van der Waals surface area contributed by atoms with E-state index >= 15 is 0 Å². The molecule has 0 spiro atoms. The number of likely N-dealkylation sites (N-methyl/N-ethyl adjacent to an activating group) is 2. The van der Waals surface area contributed by atoms with E-state index in [-0.39, 0.29) is 0 Å². The number of nitrogens with one attached hydrogen (secondary N) is 1. The van der Waals surface area contributed by atoms with Gasteiger partial charge < -0.3 is 5.32 Å². The molecule has 0 bridgehead atoms. The molecule has 1 aliphatic rings. The summed E-state index contributed by atoms with van der Waals surface area (Å²) in [5, 5.41) is 3.66. The molecule has 0 heterocycles. The van der Waals surface area contributed by atoms with Crippen molar-refractivity contribution in [3.05, 3.63) is 35.4 Å². The molecule has 1 N–H and O–H groups in total. The summed E-state index contributed by atoms with van der Waals surface area (Å²) >= 11 is 0. The fourth-order valence-corrected chi connectivity index (χ4v) is 4.37. The largest absolute Gasteiger partial charge is 0.311 e. The third-order valence-electron chi connectivity index (χ3n) is 5.38. The molecule has 0 saturated heterocycles. The molecule has 21 heavy (non-hydrogen) atoms. The van der Waals surface area contributed by atoms with Crippen LogP contribution >= 0.6 is 0 Å². The van der Waals surface area contributed by atoms with Crippen LogP contribution in [0.1, 0.15) is 63.6 Å². The van der Waals surface area contributed by atoms with E-state index in [9.17, 15) is 0 Å². The maximum absolute atomic E-state index is 3.66. The molecule has 1 aromatic rings. The lowest BCUT2D eigenvalue weighted by atomic mass is 9.81. The van der Waals surface area contributed by atoms with E-state index in [4.69, 9.17) is 0 Å². The molecular formula is C19H32N2. The van der Waals surface area contributed by atoms with Gasteiger partial charge in [0.2, 0.25) is 0 Å². The molecule has 1 unspecified atom stereocenters. The Labute approximate surface area is 130 Å². The Balaban J connectivity index is 2.40. The van der Waals surface area contributed by atoms with Gasteiger partial charge in [-0.25, -0.2) is 0 Å². The van der Waals surface area contributed by atoms with E-state index in [1.54, 1.807) is 0 Å². The van der Waals surface area contributed by atoms with Crippen LogP contribution in [0.3, 0.4) is 0 Å². The molecule has 118 valence electrons. The molecule has 1 atom stereocenters. The zero-order valence-corrected chi connectivity index (χ0v) is 14.3. The average molecular weight is 288 g/mol. The molecule has 2 nitrogen and oxygen atoms in total. The summed E-state index contributed by atoms with van der Waals surface area (Å²) in [6.07, 6.45) is 6.47. The molecule has 0 amide bonds. The van der Waals surface area contributed by atoms with Crippen LogP contribution in [-0.2, 0) is 6.42 Å². The fraction of sp³-hybridized carbons (Fsp3) is 0.684. The first-order valence-electron chi connectivity index (χ1n) is 8.73. The molecule has 1 aliphatic carbocycles. The Morgan fingerprint density at radius 2 is 1.81 bits per heavy atom. The van der Waals surface area contributed by atoms with Gasteiger partial charge in [-0.1, -0.05) is 57.9 Å². The predicted octanol–water partition coefficient (Wildman–Crippen LogP) is 4.16. The SMILES string of the molecule is CCc1cccc(C(NC)C2(N(CC)CC)CCCC2)c1. The van der Waals surface area contributed by atoms with Crippen LogP contribution in [0.5, 0.6) is 0 Å². The van der Waals surface area contributed by atoms with Crippen LogP contribution in [0.4, 0.5) is 0 Å². The van der Waals surface area contributed by atoms with Gasteiger partial charge in [0.1, 0.15) is 0 Å². The average Bonchev–Trinajstić information content (AvgIpc) is 3.00. The maximum Gasteiger partial charge on any atom is 0.0504 e. The van der Waals surface area contributed by atoms with Gasteiger partial charge in [-0.05, 0) is 50.5 Å². The minimum absolute atomic E-state index is 0.296. The number of aryl methyl sites for hydroxylation is 1. The molecule has 2 heteroatoms. The van der Waals surface area contributed by atoms with Crippen LogP contribution in [-0.4, -0.2) is 30.6 Å². The second-order valence-electron chi connectivity index (χ2n) is 6.30. The summed E-state index contributed by atoms with van der Waals surface area (Å²) in [5.41, 5.74) is 3.20. The summed E-state index contributed by atoms with van der Waals surface area (Å²) in [7, 11) is 2.13. The lowest BCUT2D eigenvalue weighted by molar-refractivity contribution is 0.0655. The van der Waals surface area contributed by atoms with Gasteiger partial charge in [0.15, 0.2) is 0 Å². The van der Waals surface area contributed by atoms with Gasteiger partial charge in [0.25, 0.3) is 0 Å². The van der Waals surface area contributed by atoms with E-state index in [1.165, 1.54) is 36.8 Å². The van der Waals surface area contributed by atoms with Crippen LogP contribution in [0.15, 0.2) is 24.3 Å². The quantitative estimate of drug-likeness (QED) is 0.810. The van der Waals surface area contributed by atoms with Crippen molar-refractivity contribution in [3.63, 3.8) is 0 Å². The third kappa shape index (κ3) is 3.17. The lowest BCUT2D eigenvalue weighted by Crippen LogP contribution is -2.54. The van der Waals surface area contributed by atoms with Crippen molar-refractivity contribution in [2.45, 2.75) is 64.5 Å². The van der Waals surface area contributed by atoms with Gasteiger partial charge in [-0.2, -0.15) is 0 Å². The van der Waals surface area contributed by atoms with Crippen molar-refractivity contribution in [2.24, 2.45) is 0 Å². The lowest BCUT2D eigenvalue weighted by Gasteiger charge is -2.46. The second kappa shape index (κ2) is 7.42. The van der Waals surface area contributed by atoms with Crippen LogP contribution in [0.2, 0.25) is 0 Å². The first-order valence-corrected chi connectivity index (χ1v) is 8.73. The number of rotatable bonds is 7. The van der Waals surface area contributed by atoms with Crippen LogP contribution in [0.25, 0.3) is 0 Å². The minimum atomic E-state index is 0.296. The monoisotopic (exact) mass is 288 g/mol. The molecule has 1 saturated carbocycles. The Morgan fingerprint density at radius 3 is 2.33 bits per heavy atom. The first-order chi connectivity index (χ1) is 10.2. The van der Waals surface area contributed by atoms with Crippen molar-refractivity contribution in [1.29, 1.82) is 0 Å². The highest BCUT2D eigenvalue weighted by Crippen LogP contribution is 2.44. The summed E-state index contributed by atoms with van der Waals surface area (Å²) in [6, 6.07) is 9.62. The Hall–Kier alpha value is -0.860. The molecule has 1 aromatic carbocycles. The molecular weight excluding hydrogens is 256 g/mol. The topological polar surface area (TPSA) is 15.3 Å². The van der Waals surface area contributed by atoms with Crippen molar-refractivity contribution in [2.75, 3.05) is 20.1 Å². The Morgan fingerprint density at radius 1 is 1.14 bits per heavy atom. The highest BCUT2D eigenvalue weighted by molar-refractivity contribution is 5.29. The predicted molar refractivity (Wildman–Crippen MR) is 91.7 cm³/mol. The Bertz CT molecular complexity index is 431. The van der Waals surface area contributed by atoms with E-state index in [0.29, 0.717) is 11.6 Å². The van der Waals surface area contributed by atoms with Crippen molar-refractivity contribution >= 4 is 0 Å². The first kappa shape index (κ1) is 16.5. The zero-order valence-electron chi connectivity index (χ0n) is 14.3. The number of nitrogens with zero attached hydrogens (tertiary/aromatic N) is 1. The van der Waals surface area contributed by atoms with Crippen molar-refractivity contribution in [1.82, 2.24) is 10.2 Å². The smallest absolute Gasteiger partial charge is 0.0504 e. The normalized spacial score (nSPS) is 19.1. The number of benzene rings is 1. The molecule has 1 fully saturated rings. The van der Waals surface area contributed by atoms with E-state index in [1.807, 2.05) is 0 Å². The highest BCUT2D eigenvalue weighted by atomic mass is 15.2. The molecule has 0 aromatic heterocycles. The number of hydrogen-bond donors (Lipinski definition) is 1. The van der Waals surface area contributed by atoms with Gasteiger partial charge in [0, 0.05) is 5.54 Å². The third-order valence-corrected chi connectivity index (χ3v) is 5.38. The summed E-state index contributed by atoms with van der Waals surface area (Å²) in [4.78, 5) is 2.69. The van der Waals surface area contributed by atoms with Crippen LogP contribution in [0, 0.1) is 0 Å². The summed E-state index contributed by atoms with van der Waals surface area (Å²) in [5.74, 6) is 0. The van der Waals surface area contributed by atoms with Crippen molar-refractivity contribution in [3.8, 4) is 0 Å². The minimum Gasteiger partial charge on any atom is -0.311 e. The fourth-order valence-electron chi connectivity index (χ4n) is 4.37. The molecule has 2 rings (SSSR count). The second-order valence-corrected chi connectivity index (χ2v) is 6.30. The number of hydrogen-bond acceptors (Lipinski definition) is 2. The van der Waals surface area contributed by atoms with Crippen LogP contribution < -0.4 is 5.32 Å². The van der Waals surface area contributed by atoms with Gasteiger partial charge >= 0.3 is 0 Å². The van der Waals surface area contributed by atoms with Crippen molar-refractivity contribution < 1.29 is 0 Å². The summed E-state index contributed by atoms with van der Waals surface area (Å²) < 4.78 is 0. The van der Waals surface area contributed by atoms with Gasteiger partial charge in [-0.3, -0.25) is 4.90 Å². The zero-order chi connectivity index (χ0) is 15.3. The maximum atomic E-state index is 3.66.